The molecule has 3 fully saturated rings. The topological polar surface area (TPSA) is 128 Å². The van der Waals surface area contributed by atoms with Crippen LogP contribution in [0.15, 0.2) is 30.9 Å². The predicted molar refractivity (Wildman–Crippen MR) is 120 cm³/mol. The average Bonchev–Trinajstić information content (AvgIpc) is 3.74. The third kappa shape index (κ3) is 3.60. The lowest BCUT2D eigenvalue weighted by Crippen LogP contribution is -2.42. The van der Waals surface area contributed by atoms with Crippen molar-refractivity contribution in [3.8, 4) is 0 Å². The Morgan fingerprint density at radius 1 is 1.24 bits per heavy atom. The van der Waals surface area contributed by atoms with Crippen molar-refractivity contribution in [2.45, 2.75) is 43.6 Å². The van der Waals surface area contributed by atoms with Gasteiger partial charge < -0.3 is 25.1 Å². The van der Waals surface area contributed by atoms with Crippen LogP contribution in [0.4, 0.5) is 11.5 Å². The van der Waals surface area contributed by atoms with Crippen molar-refractivity contribution in [1.29, 1.82) is 0 Å². The zero-order valence-electron chi connectivity index (χ0n) is 18.2. The summed E-state index contributed by atoms with van der Waals surface area (Å²) < 4.78 is 7.33. The number of ether oxygens (including phenoxy) is 1. The summed E-state index contributed by atoms with van der Waals surface area (Å²) in [6, 6.07) is 3.90. The van der Waals surface area contributed by atoms with E-state index < -0.39 is 5.41 Å². The Hall–Kier alpha value is -3.53. The monoisotopic (exact) mass is 447 g/mol. The summed E-state index contributed by atoms with van der Waals surface area (Å²) in [4.78, 5) is 39.5. The molecular formula is C23H25N7O3. The van der Waals surface area contributed by atoms with Crippen molar-refractivity contribution in [1.82, 2.24) is 19.4 Å². The van der Waals surface area contributed by atoms with Crippen LogP contribution in [0, 0.1) is 0 Å². The minimum atomic E-state index is -0.652. The van der Waals surface area contributed by atoms with Crippen LogP contribution in [-0.4, -0.2) is 50.9 Å². The predicted octanol–water partition coefficient (Wildman–Crippen LogP) is 1.49. The van der Waals surface area contributed by atoms with Gasteiger partial charge in [0.1, 0.15) is 18.8 Å². The summed E-state index contributed by atoms with van der Waals surface area (Å²) in [6.07, 6.45) is 9.34. The third-order valence-corrected chi connectivity index (χ3v) is 6.76. The van der Waals surface area contributed by atoms with Crippen molar-refractivity contribution >= 4 is 29.0 Å². The van der Waals surface area contributed by atoms with Crippen molar-refractivity contribution in [2.75, 3.05) is 30.0 Å². The maximum absolute atomic E-state index is 12.5. The molecule has 33 heavy (non-hydrogen) atoms. The number of nitrogens with one attached hydrogen (secondary N) is 1. The number of amides is 2. The smallest absolute Gasteiger partial charge is 0.253 e. The van der Waals surface area contributed by atoms with E-state index in [4.69, 9.17) is 15.5 Å². The fraction of sp³-hybridized carbons (Fsp3) is 0.435. The number of carbonyl (C=O) groups is 2. The Bertz CT molecular complexity index is 1260. The first-order valence-corrected chi connectivity index (χ1v) is 11.3. The lowest BCUT2D eigenvalue weighted by atomic mass is 10.0. The quantitative estimate of drug-likeness (QED) is 0.562. The van der Waals surface area contributed by atoms with E-state index in [0.29, 0.717) is 37.1 Å². The van der Waals surface area contributed by atoms with E-state index in [0.717, 1.165) is 29.9 Å². The van der Waals surface area contributed by atoms with Crippen molar-refractivity contribution < 1.29 is 14.3 Å². The number of aromatic nitrogens is 4. The van der Waals surface area contributed by atoms with E-state index in [-0.39, 0.29) is 18.4 Å². The number of rotatable bonds is 7. The van der Waals surface area contributed by atoms with Gasteiger partial charge in [0.2, 0.25) is 5.91 Å². The SMILES string of the molecule is NC(=O)C1(c2cc(NCc3cn4cc(C5CC5)cc(N5CCOCC5=O)c4n3)ncn2)CC1. The highest BCUT2D eigenvalue weighted by atomic mass is 16.5. The van der Waals surface area contributed by atoms with Gasteiger partial charge in [0.05, 0.1) is 35.6 Å². The number of nitrogens with two attached hydrogens (primary N) is 1. The molecule has 10 heteroatoms. The van der Waals surface area contributed by atoms with Gasteiger partial charge in [0, 0.05) is 25.0 Å². The number of hydrogen-bond acceptors (Lipinski definition) is 7. The van der Waals surface area contributed by atoms with Crippen LogP contribution in [-0.2, 0) is 26.3 Å². The van der Waals surface area contributed by atoms with E-state index in [1.54, 1.807) is 11.0 Å². The molecule has 0 radical (unpaired) electrons. The van der Waals surface area contributed by atoms with Gasteiger partial charge >= 0.3 is 0 Å². The molecule has 3 aliphatic rings. The molecule has 0 bridgehead atoms. The van der Waals surface area contributed by atoms with Gasteiger partial charge in [0.15, 0.2) is 5.65 Å². The maximum atomic E-state index is 12.5. The van der Waals surface area contributed by atoms with Crippen LogP contribution in [0.1, 0.15) is 48.6 Å². The Balaban J connectivity index is 1.28. The van der Waals surface area contributed by atoms with E-state index >= 15 is 0 Å². The summed E-state index contributed by atoms with van der Waals surface area (Å²) >= 11 is 0. The number of nitrogens with zero attached hydrogens (tertiary/aromatic N) is 5. The molecule has 2 aliphatic carbocycles. The third-order valence-electron chi connectivity index (χ3n) is 6.76. The Labute approximate surface area is 190 Å². The number of pyridine rings is 1. The molecule has 1 saturated heterocycles. The molecule has 6 rings (SSSR count). The molecule has 0 spiro atoms. The van der Waals surface area contributed by atoms with Crippen LogP contribution in [0.2, 0.25) is 0 Å². The van der Waals surface area contributed by atoms with Gasteiger partial charge in [-0.15, -0.1) is 0 Å². The highest BCUT2D eigenvalue weighted by Gasteiger charge is 2.51. The molecule has 3 aromatic rings. The lowest BCUT2D eigenvalue weighted by molar-refractivity contribution is -0.125. The molecular weight excluding hydrogens is 422 g/mol. The van der Waals surface area contributed by atoms with Crippen LogP contribution in [0.3, 0.4) is 0 Å². The molecule has 3 N–H and O–H groups in total. The second kappa shape index (κ2) is 7.51. The Morgan fingerprint density at radius 2 is 2.09 bits per heavy atom. The number of carbonyl (C=O) groups excluding carboxylic acids is 2. The molecule has 2 saturated carbocycles. The van der Waals surface area contributed by atoms with Gasteiger partial charge in [-0.05, 0) is 43.2 Å². The minimum Gasteiger partial charge on any atom is -0.370 e. The van der Waals surface area contributed by atoms with E-state index in [1.165, 1.54) is 24.7 Å². The maximum Gasteiger partial charge on any atom is 0.253 e. The molecule has 3 aromatic heterocycles. The summed E-state index contributed by atoms with van der Waals surface area (Å²) in [7, 11) is 0. The highest BCUT2D eigenvalue weighted by Crippen LogP contribution is 2.47. The first-order valence-electron chi connectivity index (χ1n) is 11.3. The standard InChI is InChI=1S/C23H25N7O3/c24-22(32)23(3-4-23)18-8-19(27-13-26-18)25-9-16-11-29-10-15(14-1-2-14)7-17(21(29)28-16)30-5-6-33-12-20(30)31/h7-8,10-11,13-14H,1-6,9,12H2,(H2,24,32)(H,25,26,27). The van der Waals surface area contributed by atoms with Crippen molar-refractivity contribution in [3.63, 3.8) is 0 Å². The molecule has 170 valence electrons. The number of morpholine rings is 1. The van der Waals surface area contributed by atoms with Gasteiger partial charge in [0.25, 0.3) is 5.91 Å². The van der Waals surface area contributed by atoms with Crippen LogP contribution in [0.5, 0.6) is 0 Å². The van der Waals surface area contributed by atoms with E-state index in [2.05, 4.69) is 27.5 Å². The molecule has 4 heterocycles. The number of imidazole rings is 1. The summed E-state index contributed by atoms with van der Waals surface area (Å²) in [5.74, 6) is 0.777. The van der Waals surface area contributed by atoms with Crippen molar-refractivity contribution in [2.24, 2.45) is 5.73 Å². The molecule has 0 aromatic carbocycles. The van der Waals surface area contributed by atoms with Crippen LogP contribution >= 0.6 is 0 Å². The second-order valence-electron chi connectivity index (χ2n) is 9.08. The zero-order valence-corrected chi connectivity index (χ0v) is 18.2. The van der Waals surface area contributed by atoms with Gasteiger partial charge in [-0.1, -0.05) is 0 Å². The van der Waals surface area contributed by atoms with Gasteiger partial charge in [-0.2, -0.15) is 0 Å². The highest BCUT2D eigenvalue weighted by molar-refractivity contribution is 5.98. The summed E-state index contributed by atoms with van der Waals surface area (Å²) in [5.41, 5.74) is 9.22. The normalized spacial score (nSPS) is 19.6. The second-order valence-corrected chi connectivity index (χ2v) is 9.08. The first kappa shape index (κ1) is 20.1. The number of primary amides is 1. The number of hydrogen-bond donors (Lipinski definition) is 2. The number of fused-ring (bicyclic) bond motifs is 1. The molecule has 2 amide bonds. The van der Waals surface area contributed by atoms with E-state index in [1.807, 2.05) is 10.6 Å². The largest absolute Gasteiger partial charge is 0.370 e. The zero-order chi connectivity index (χ0) is 22.6. The van der Waals surface area contributed by atoms with Crippen LogP contribution in [0.25, 0.3) is 5.65 Å². The molecule has 10 nitrogen and oxygen atoms in total. The Kier molecular flexibility index (Phi) is 4.58. The fourth-order valence-corrected chi connectivity index (χ4v) is 4.50. The molecule has 1 aliphatic heterocycles. The Morgan fingerprint density at radius 3 is 2.82 bits per heavy atom. The first-order chi connectivity index (χ1) is 16.0. The van der Waals surface area contributed by atoms with Crippen LogP contribution < -0.4 is 16.0 Å². The number of anilines is 2. The lowest BCUT2D eigenvalue weighted by Gasteiger charge is -2.27. The minimum absolute atomic E-state index is 0.0456. The van der Waals surface area contributed by atoms with Crippen molar-refractivity contribution in [3.05, 3.63) is 47.8 Å². The molecule has 0 atom stereocenters. The summed E-state index contributed by atoms with van der Waals surface area (Å²) in [5, 5.41) is 3.28. The molecule has 0 unspecified atom stereocenters. The fourth-order valence-electron chi connectivity index (χ4n) is 4.50. The van der Waals surface area contributed by atoms with E-state index in [9.17, 15) is 9.59 Å². The average molecular weight is 447 g/mol. The van der Waals surface area contributed by atoms with Gasteiger partial charge in [-0.25, -0.2) is 15.0 Å². The van der Waals surface area contributed by atoms with Gasteiger partial charge in [-0.3, -0.25) is 9.59 Å². The summed E-state index contributed by atoms with van der Waals surface area (Å²) in [6.45, 7) is 1.58.